The fraction of sp³-hybridized carbons (Fsp3) is 0.0435. The van der Waals surface area contributed by atoms with Crippen LogP contribution in [0.4, 0.5) is 0 Å². The highest BCUT2D eigenvalue weighted by molar-refractivity contribution is 7.13. The van der Waals surface area contributed by atoms with Crippen LogP contribution in [0, 0.1) is 6.07 Å². The van der Waals surface area contributed by atoms with Crippen molar-refractivity contribution < 1.29 is 4.79 Å². The Morgan fingerprint density at radius 1 is 1.11 bits per heavy atom. The van der Waals surface area contributed by atoms with E-state index in [-0.39, 0.29) is 0 Å². The third-order valence-corrected chi connectivity index (χ3v) is 5.87. The first kappa shape index (κ1) is 16.7. The van der Waals surface area contributed by atoms with E-state index in [1.165, 1.54) is 4.88 Å². The van der Waals surface area contributed by atoms with Crippen LogP contribution in [0.2, 0.25) is 0 Å². The van der Waals surface area contributed by atoms with Crippen LogP contribution < -0.4 is 5.73 Å². The molecule has 0 bridgehead atoms. The summed E-state index contributed by atoms with van der Waals surface area (Å²) in [4.78, 5) is 17.4. The van der Waals surface area contributed by atoms with E-state index in [1.807, 2.05) is 36.4 Å². The van der Waals surface area contributed by atoms with Gasteiger partial charge < -0.3 is 10.3 Å². The van der Waals surface area contributed by atoms with Gasteiger partial charge in [0.05, 0.1) is 11.0 Å². The van der Waals surface area contributed by atoms with Crippen molar-refractivity contribution in [1.82, 2.24) is 9.55 Å². The van der Waals surface area contributed by atoms with Gasteiger partial charge in [0, 0.05) is 40.2 Å². The summed E-state index contributed by atoms with van der Waals surface area (Å²) in [7, 11) is 0. The second-order valence-electron chi connectivity index (χ2n) is 6.63. The molecule has 0 atom stereocenters. The Bertz CT molecular complexity index is 1300. The van der Waals surface area contributed by atoms with Crippen molar-refractivity contribution in [3.05, 3.63) is 89.6 Å². The Kier molecular flexibility index (Phi) is 3.95. The highest BCUT2D eigenvalue weighted by Gasteiger charge is 2.17. The molecule has 5 heteroatoms. The molecule has 1 radical (unpaired) electrons. The van der Waals surface area contributed by atoms with Gasteiger partial charge >= 0.3 is 0 Å². The van der Waals surface area contributed by atoms with Crippen molar-refractivity contribution in [2.45, 2.75) is 6.54 Å². The number of fused-ring (bicyclic) bond motifs is 3. The third-order valence-electron chi connectivity index (χ3n) is 4.96. The zero-order valence-electron chi connectivity index (χ0n) is 14.9. The number of hydrogen-bond donors (Lipinski definition) is 1. The number of amides is 1. The van der Waals surface area contributed by atoms with Crippen LogP contribution in [-0.4, -0.2) is 15.5 Å². The van der Waals surface area contributed by atoms with Gasteiger partial charge in [-0.3, -0.25) is 9.78 Å². The van der Waals surface area contributed by atoms with Gasteiger partial charge in [-0.15, -0.1) is 11.3 Å². The van der Waals surface area contributed by atoms with Crippen molar-refractivity contribution in [3.63, 3.8) is 0 Å². The molecule has 135 valence electrons. The molecule has 2 N–H and O–H groups in total. The molecular weight excluding hydrogens is 366 g/mol. The lowest BCUT2D eigenvalue weighted by Crippen LogP contribution is -2.11. The van der Waals surface area contributed by atoms with Crippen molar-refractivity contribution in [3.8, 4) is 10.4 Å². The van der Waals surface area contributed by atoms with Gasteiger partial charge in [0.25, 0.3) is 0 Å². The Hall–Kier alpha value is -3.44. The Labute approximate surface area is 165 Å². The molecule has 0 fully saturated rings. The lowest BCUT2D eigenvalue weighted by atomic mass is 10.0. The molecule has 0 spiro atoms. The fourth-order valence-corrected chi connectivity index (χ4v) is 4.40. The molecule has 28 heavy (non-hydrogen) atoms. The van der Waals surface area contributed by atoms with Gasteiger partial charge in [-0.1, -0.05) is 12.1 Å². The minimum atomic E-state index is -0.427. The van der Waals surface area contributed by atoms with Crippen molar-refractivity contribution in [2.75, 3.05) is 0 Å². The second kappa shape index (κ2) is 6.62. The summed E-state index contributed by atoms with van der Waals surface area (Å²) in [6.07, 6.45) is 3.59. The van der Waals surface area contributed by atoms with E-state index in [2.05, 4.69) is 33.1 Å². The normalized spacial score (nSPS) is 11.3. The summed E-state index contributed by atoms with van der Waals surface area (Å²) >= 11 is 1.70. The highest BCUT2D eigenvalue weighted by atomic mass is 32.1. The molecule has 5 aromatic rings. The molecule has 0 saturated heterocycles. The number of rotatable bonds is 4. The molecule has 4 nitrogen and oxygen atoms in total. The molecule has 1 amide bonds. The number of pyridine rings is 1. The Morgan fingerprint density at radius 3 is 2.71 bits per heavy atom. The van der Waals surface area contributed by atoms with Crippen molar-refractivity contribution >= 4 is 39.0 Å². The quantitative estimate of drug-likeness (QED) is 0.482. The molecule has 0 aliphatic carbocycles. The Morgan fingerprint density at radius 2 is 1.96 bits per heavy atom. The summed E-state index contributed by atoms with van der Waals surface area (Å²) in [5.41, 5.74) is 10.5. The zero-order chi connectivity index (χ0) is 19.1. The highest BCUT2D eigenvalue weighted by Crippen LogP contribution is 2.35. The predicted molar refractivity (Wildman–Crippen MR) is 113 cm³/mol. The largest absolute Gasteiger partial charge is 0.366 e. The summed E-state index contributed by atoms with van der Waals surface area (Å²) < 4.78 is 2.22. The molecule has 0 aliphatic rings. The Balaban J connectivity index is 1.83. The standard InChI is InChI=1S/C23H16N3OS/c24-23(27)18-3-1-4-19-22(18)17-7-6-16(21-5-2-12-28-21)13-20(17)26(19)14-15-8-10-25-11-9-15/h1-6,8-13H,14H2,(H2,24,27). The van der Waals surface area contributed by atoms with Crippen LogP contribution >= 0.6 is 11.3 Å². The van der Waals surface area contributed by atoms with E-state index >= 15 is 0 Å². The second-order valence-corrected chi connectivity index (χ2v) is 7.58. The van der Waals surface area contributed by atoms with Crippen molar-refractivity contribution in [1.29, 1.82) is 0 Å². The van der Waals surface area contributed by atoms with E-state index < -0.39 is 5.91 Å². The minimum absolute atomic E-state index is 0.427. The first-order valence-corrected chi connectivity index (χ1v) is 9.79. The number of hydrogen-bond acceptors (Lipinski definition) is 3. The van der Waals surface area contributed by atoms with Gasteiger partial charge in [0.2, 0.25) is 5.91 Å². The van der Waals surface area contributed by atoms with E-state index in [0.717, 1.165) is 32.9 Å². The average Bonchev–Trinajstić information content (AvgIpc) is 3.36. The van der Waals surface area contributed by atoms with Crippen LogP contribution in [0.5, 0.6) is 0 Å². The topological polar surface area (TPSA) is 60.9 Å². The summed E-state index contributed by atoms with van der Waals surface area (Å²) in [6.45, 7) is 0.673. The lowest BCUT2D eigenvalue weighted by molar-refractivity contribution is 0.100. The predicted octanol–water partition coefficient (Wildman–Crippen LogP) is 4.87. The molecule has 0 unspecified atom stereocenters. The summed E-state index contributed by atoms with van der Waals surface area (Å²) in [5, 5.41) is 3.84. The van der Waals surface area contributed by atoms with E-state index in [9.17, 15) is 4.79 Å². The maximum absolute atomic E-state index is 12.1. The lowest BCUT2D eigenvalue weighted by Gasteiger charge is -2.08. The monoisotopic (exact) mass is 382 g/mol. The first-order valence-electron chi connectivity index (χ1n) is 8.91. The molecule has 2 aromatic carbocycles. The van der Waals surface area contributed by atoms with Gasteiger partial charge in [-0.25, -0.2) is 0 Å². The number of carbonyl (C=O) groups is 1. The first-order chi connectivity index (χ1) is 13.7. The fourth-order valence-electron chi connectivity index (χ4n) is 3.69. The van der Waals surface area contributed by atoms with E-state index in [4.69, 9.17) is 5.73 Å². The maximum Gasteiger partial charge on any atom is 0.249 e. The maximum atomic E-state index is 12.1. The molecule has 5 rings (SSSR count). The van der Waals surface area contributed by atoms with Crippen LogP contribution in [0.15, 0.2) is 72.4 Å². The molecule has 0 saturated carbocycles. The summed E-state index contributed by atoms with van der Waals surface area (Å²) in [6, 6.07) is 21.4. The van der Waals surface area contributed by atoms with Gasteiger partial charge in [0.15, 0.2) is 0 Å². The smallest absolute Gasteiger partial charge is 0.249 e. The number of nitrogens with zero attached hydrogens (tertiary/aromatic N) is 2. The molecule has 3 aromatic heterocycles. The molecular formula is C23H16N3OS. The van der Waals surface area contributed by atoms with Gasteiger partial charge in [0.1, 0.15) is 0 Å². The van der Waals surface area contributed by atoms with Crippen LogP contribution in [0.1, 0.15) is 15.9 Å². The van der Waals surface area contributed by atoms with Crippen LogP contribution in [-0.2, 0) is 6.54 Å². The van der Waals surface area contributed by atoms with Crippen LogP contribution in [0.25, 0.3) is 32.2 Å². The third kappa shape index (κ3) is 2.68. The van der Waals surface area contributed by atoms with E-state index in [0.29, 0.717) is 12.1 Å². The SMILES string of the molecule is NC(=O)c1cccc2c1c1[c]cc(-c3cccs3)cc1n2Cc1ccncc1. The molecule has 3 heterocycles. The van der Waals surface area contributed by atoms with Crippen molar-refractivity contribution in [2.24, 2.45) is 5.73 Å². The van der Waals surface area contributed by atoms with E-state index in [1.54, 1.807) is 29.8 Å². The number of benzene rings is 2. The summed E-state index contributed by atoms with van der Waals surface area (Å²) in [5.74, 6) is -0.427. The number of aromatic nitrogens is 2. The number of primary amides is 1. The number of thiophene rings is 1. The molecule has 0 aliphatic heterocycles. The van der Waals surface area contributed by atoms with Gasteiger partial charge in [-0.05, 0) is 65.0 Å². The van der Waals surface area contributed by atoms with Crippen LogP contribution in [0.3, 0.4) is 0 Å². The minimum Gasteiger partial charge on any atom is -0.366 e. The average molecular weight is 382 g/mol. The van der Waals surface area contributed by atoms with Gasteiger partial charge in [-0.2, -0.15) is 0 Å². The number of nitrogens with two attached hydrogens (primary N) is 1. The number of carbonyl (C=O) groups excluding carboxylic acids is 1. The zero-order valence-corrected chi connectivity index (χ0v) is 15.7.